The number of aromatic nitrogens is 3. The Morgan fingerprint density at radius 3 is 2.63 bits per heavy atom. The normalized spacial score (nSPS) is 15.3. The lowest BCUT2D eigenvalue weighted by Crippen LogP contribution is -2.46. The van der Waals surface area contributed by atoms with Crippen molar-refractivity contribution < 1.29 is 23.9 Å². The van der Waals surface area contributed by atoms with Crippen molar-refractivity contribution in [1.82, 2.24) is 20.3 Å². The van der Waals surface area contributed by atoms with Crippen LogP contribution in [-0.2, 0) is 25.7 Å². The lowest BCUT2D eigenvalue weighted by atomic mass is 10.0. The van der Waals surface area contributed by atoms with Gasteiger partial charge in [-0.3, -0.25) is 19.3 Å². The van der Waals surface area contributed by atoms with Crippen LogP contribution >= 0.6 is 0 Å². The number of amides is 3. The molecule has 1 aliphatic heterocycles. The van der Waals surface area contributed by atoms with E-state index in [4.69, 9.17) is 9.47 Å². The molecule has 0 aliphatic carbocycles. The number of carbonyl (C=O) groups excluding carboxylic acids is 3. The summed E-state index contributed by atoms with van der Waals surface area (Å²) in [5.74, 6) is -0.411. The predicted molar refractivity (Wildman–Crippen MR) is 153 cm³/mol. The van der Waals surface area contributed by atoms with Gasteiger partial charge in [0.25, 0.3) is 0 Å². The number of fused-ring (bicyclic) bond motifs is 1. The molecule has 11 nitrogen and oxygen atoms in total. The summed E-state index contributed by atoms with van der Waals surface area (Å²) in [7, 11) is 1.55. The number of anilines is 2. The van der Waals surface area contributed by atoms with E-state index in [-0.39, 0.29) is 30.4 Å². The number of rotatable bonds is 10. The minimum absolute atomic E-state index is 0.0764. The van der Waals surface area contributed by atoms with Crippen LogP contribution in [0.15, 0.2) is 72.8 Å². The molecule has 1 saturated heterocycles. The quantitative estimate of drug-likeness (QED) is 0.306. The van der Waals surface area contributed by atoms with Gasteiger partial charge in [0, 0.05) is 31.5 Å². The van der Waals surface area contributed by atoms with Crippen LogP contribution in [0.25, 0.3) is 11.0 Å². The Morgan fingerprint density at radius 1 is 1.10 bits per heavy atom. The molecule has 5 rings (SSSR count). The summed E-state index contributed by atoms with van der Waals surface area (Å²) in [5, 5.41) is 14.1. The van der Waals surface area contributed by atoms with Crippen molar-refractivity contribution in [3.63, 3.8) is 0 Å². The summed E-state index contributed by atoms with van der Waals surface area (Å²) < 4.78 is 12.7. The summed E-state index contributed by atoms with van der Waals surface area (Å²) in [5.41, 5.74) is 2.95. The molecule has 0 spiro atoms. The van der Waals surface area contributed by atoms with Gasteiger partial charge in [0.05, 0.1) is 18.7 Å². The number of para-hydroxylation sites is 1. The number of carbonyl (C=O) groups is 3. The first-order valence-electron chi connectivity index (χ1n) is 13.4. The van der Waals surface area contributed by atoms with E-state index in [1.165, 1.54) is 16.5 Å². The Hall–Kier alpha value is -4.77. The zero-order chi connectivity index (χ0) is 28.8. The average molecular weight is 557 g/mol. The third-order valence-corrected chi connectivity index (χ3v) is 6.88. The molecule has 41 heavy (non-hydrogen) atoms. The molecular formula is C30H32N6O5. The fourth-order valence-corrected chi connectivity index (χ4v) is 4.93. The molecule has 3 amide bonds. The maximum absolute atomic E-state index is 14.2. The molecule has 212 valence electrons. The van der Waals surface area contributed by atoms with Gasteiger partial charge >= 0.3 is 0 Å². The molecule has 2 heterocycles. The first-order chi connectivity index (χ1) is 19.9. The molecule has 0 saturated carbocycles. The molecule has 3 aromatic carbocycles. The van der Waals surface area contributed by atoms with Crippen LogP contribution in [-0.4, -0.2) is 59.1 Å². The zero-order valence-corrected chi connectivity index (χ0v) is 22.9. The van der Waals surface area contributed by atoms with Crippen LogP contribution in [0.3, 0.4) is 0 Å². The second kappa shape index (κ2) is 12.6. The average Bonchev–Trinajstić information content (AvgIpc) is 3.65. The highest BCUT2D eigenvalue weighted by atomic mass is 16.5. The third-order valence-electron chi connectivity index (χ3n) is 6.88. The van der Waals surface area contributed by atoms with Crippen molar-refractivity contribution in [2.24, 2.45) is 0 Å². The summed E-state index contributed by atoms with van der Waals surface area (Å²) in [6.45, 7) is 2.25. The molecule has 4 aromatic rings. The molecule has 11 heteroatoms. The SMILES string of the molecule is COc1cccc([C@H](C(=O)NC[C@@H]2CCCO2)N(C(=O)Cn2nnc3ccccc32)c2ccc(NC(C)=O)cc2)c1. The zero-order valence-electron chi connectivity index (χ0n) is 22.9. The van der Waals surface area contributed by atoms with Gasteiger partial charge in [-0.25, -0.2) is 4.68 Å². The molecular weight excluding hydrogens is 524 g/mol. The number of nitrogens with one attached hydrogen (secondary N) is 2. The smallest absolute Gasteiger partial charge is 0.249 e. The van der Waals surface area contributed by atoms with E-state index in [9.17, 15) is 14.4 Å². The van der Waals surface area contributed by atoms with Gasteiger partial charge in [-0.1, -0.05) is 29.5 Å². The lowest BCUT2D eigenvalue weighted by Gasteiger charge is -2.32. The Morgan fingerprint density at radius 2 is 1.90 bits per heavy atom. The monoisotopic (exact) mass is 556 g/mol. The van der Waals surface area contributed by atoms with E-state index in [1.54, 1.807) is 55.6 Å². The molecule has 0 bridgehead atoms. The van der Waals surface area contributed by atoms with Gasteiger partial charge in [-0.2, -0.15) is 0 Å². The molecule has 0 radical (unpaired) electrons. The van der Waals surface area contributed by atoms with E-state index in [1.807, 2.05) is 24.3 Å². The molecule has 2 atom stereocenters. The summed E-state index contributed by atoms with van der Waals surface area (Å²) in [4.78, 5) is 41.2. The second-order valence-electron chi connectivity index (χ2n) is 9.79. The molecule has 1 fully saturated rings. The van der Waals surface area contributed by atoms with E-state index in [2.05, 4.69) is 20.9 Å². The fourth-order valence-electron chi connectivity index (χ4n) is 4.93. The van der Waals surface area contributed by atoms with Crippen molar-refractivity contribution in [2.45, 2.75) is 38.5 Å². The maximum atomic E-state index is 14.2. The van der Waals surface area contributed by atoms with Crippen LogP contribution in [0.1, 0.15) is 31.4 Å². The van der Waals surface area contributed by atoms with Crippen molar-refractivity contribution in [2.75, 3.05) is 30.5 Å². The molecule has 2 N–H and O–H groups in total. The number of methoxy groups -OCH3 is 1. The minimum atomic E-state index is -1.04. The topological polar surface area (TPSA) is 128 Å². The number of ether oxygens (including phenoxy) is 2. The van der Waals surface area contributed by atoms with Crippen molar-refractivity contribution in [1.29, 1.82) is 0 Å². The third kappa shape index (κ3) is 6.52. The van der Waals surface area contributed by atoms with Crippen molar-refractivity contribution >= 4 is 40.1 Å². The van der Waals surface area contributed by atoms with Crippen LogP contribution in [0.2, 0.25) is 0 Å². The van der Waals surface area contributed by atoms with Gasteiger partial charge in [0.2, 0.25) is 17.7 Å². The van der Waals surface area contributed by atoms with E-state index in [0.29, 0.717) is 46.9 Å². The fraction of sp³-hybridized carbons (Fsp3) is 0.300. The first kappa shape index (κ1) is 27.8. The standard InChI is InChI=1S/C30H32N6O5/c1-20(37)32-22-12-14-23(15-13-22)36(28(38)19-35-27-11-4-3-10-26(27)33-34-35)29(21-7-5-8-24(17-21)40-2)30(39)31-18-25-9-6-16-41-25/h3-5,7-8,10-15,17,25,29H,6,9,16,18-19H2,1-2H3,(H,31,39)(H,32,37)/t25-,29+/m0/s1. The maximum Gasteiger partial charge on any atom is 0.249 e. The summed E-state index contributed by atoms with van der Waals surface area (Å²) in [6.07, 6.45) is 1.72. The number of hydrogen-bond acceptors (Lipinski definition) is 7. The van der Waals surface area contributed by atoms with Crippen LogP contribution < -0.4 is 20.3 Å². The van der Waals surface area contributed by atoms with Crippen LogP contribution in [0.4, 0.5) is 11.4 Å². The molecule has 0 unspecified atom stereocenters. The minimum Gasteiger partial charge on any atom is -0.497 e. The summed E-state index contributed by atoms with van der Waals surface area (Å²) in [6, 6.07) is 20.2. The van der Waals surface area contributed by atoms with Crippen LogP contribution in [0, 0.1) is 0 Å². The van der Waals surface area contributed by atoms with Crippen LogP contribution in [0.5, 0.6) is 5.75 Å². The number of nitrogens with zero attached hydrogens (tertiary/aromatic N) is 4. The highest BCUT2D eigenvalue weighted by molar-refractivity contribution is 6.02. The van der Waals surface area contributed by atoms with Crippen molar-refractivity contribution in [3.8, 4) is 5.75 Å². The first-order valence-corrected chi connectivity index (χ1v) is 13.4. The second-order valence-corrected chi connectivity index (χ2v) is 9.79. The van der Waals surface area contributed by atoms with E-state index >= 15 is 0 Å². The Labute approximate surface area is 237 Å². The van der Waals surface area contributed by atoms with Gasteiger partial charge in [0.15, 0.2) is 0 Å². The lowest BCUT2D eigenvalue weighted by molar-refractivity contribution is -0.127. The van der Waals surface area contributed by atoms with Gasteiger partial charge in [-0.15, -0.1) is 5.10 Å². The molecule has 1 aromatic heterocycles. The highest BCUT2D eigenvalue weighted by Gasteiger charge is 2.34. The Balaban J connectivity index is 1.55. The Bertz CT molecular complexity index is 1530. The number of benzene rings is 3. The van der Waals surface area contributed by atoms with E-state index < -0.39 is 6.04 Å². The predicted octanol–water partition coefficient (Wildman–Crippen LogP) is 3.47. The van der Waals surface area contributed by atoms with Gasteiger partial charge < -0.3 is 20.1 Å². The van der Waals surface area contributed by atoms with Gasteiger partial charge in [-0.05, 0) is 66.9 Å². The highest BCUT2D eigenvalue weighted by Crippen LogP contribution is 2.31. The van der Waals surface area contributed by atoms with E-state index in [0.717, 1.165) is 12.8 Å². The Kier molecular flexibility index (Phi) is 8.54. The number of hydrogen-bond donors (Lipinski definition) is 2. The van der Waals surface area contributed by atoms with Crippen molar-refractivity contribution in [3.05, 3.63) is 78.4 Å². The summed E-state index contributed by atoms with van der Waals surface area (Å²) >= 11 is 0. The largest absolute Gasteiger partial charge is 0.497 e. The molecule has 1 aliphatic rings. The van der Waals surface area contributed by atoms with Gasteiger partial charge in [0.1, 0.15) is 23.9 Å².